The molecule has 0 fully saturated rings. The van der Waals surface area contributed by atoms with E-state index in [0.717, 1.165) is 28.4 Å². The van der Waals surface area contributed by atoms with Gasteiger partial charge in [-0.3, -0.25) is 19.3 Å². The van der Waals surface area contributed by atoms with E-state index in [-0.39, 0.29) is 24.3 Å². The lowest BCUT2D eigenvalue weighted by Gasteiger charge is -2.32. The van der Waals surface area contributed by atoms with Gasteiger partial charge in [-0.25, -0.2) is 0 Å². The molecular weight excluding hydrogens is 426 g/mol. The summed E-state index contributed by atoms with van der Waals surface area (Å²) in [6.07, 6.45) is 1.96. The van der Waals surface area contributed by atoms with Crippen molar-refractivity contribution in [3.8, 4) is 0 Å². The van der Waals surface area contributed by atoms with Crippen molar-refractivity contribution in [1.82, 2.24) is 10.2 Å². The highest BCUT2D eigenvalue weighted by Gasteiger charge is 2.34. The molecule has 1 aliphatic rings. The van der Waals surface area contributed by atoms with Gasteiger partial charge in [0.2, 0.25) is 11.8 Å². The van der Waals surface area contributed by atoms with Crippen LogP contribution >= 0.6 is 0 Å². The second-order valence-electron chi connectivity index (χ2n) is 8.61. The third-order valence-electron chi connectivity index (χ3n) is 6.36. The molecule has 0 saturated carbocycles. The summed E-state index contributed by atoms with van der Waals surface area (Å²) in [7, 11) is 0. The van der Waals surface area contributed by atoms with Crippen LogP contribution in [-0.2, 0) is 16.0 Å². The molecule has 6 heteroatoms. The zero-order valence-corrected chi connectivity index (χ0v) is 19.8. The van der Waals surface area contributed by atoms with Crippen LogP contribution in [0.25, 0.3) is 10.8 Å². The van der Waals surface area contributed by atoms with E-state index in [9.17, 15) is 14.4 Å². The molecule has 176 valence electrons. The molecule has 1 aliphatic heterocycles. The van der Waals surface area contributed by atoms with E-state index in [4.69, 9.17) is 0 Å². The first kappa shape index (κ1) is 23.5. The molecule has 0 radical (unpaired) electrons. The number of nitrogens with one attached hydrogen (secondary N) is 1. The highest BCUT2D eigenvalue weighted by Crippen LogP contribution is 2.37. The molecule has 1 N–H and O–H groups in total. The predicted octanol–water partition coefficient (Wildman–Crippen LogP) is 4.18. The second-order valence-corrected chi connectivity index (χ2v) is 8.61. The van der Waals surface area contributed by atoms with Crippen molar-refractivity contribution in [2.75, 3.05) is 24.5 Å². The van der Waals surface area contributed by atoms with Crippen molar-refractivity contribution < 1.29 is 14.4 Å². The number of hydrogen-bond donors (Lipinski definition) is 1. The summed E-state index contributed by atoms with van der Waals surface area (Å²) in [5, 5.41) is 4.79. The van der Waals surface area contributed by atoms with Gasteiger partial charge in [-0.1, -0.05) is 68.4 Å². The van der Waals surface area contributed by atoms with E-state index in [2.05, 4.69) is 5.32 Å². The minimum atomic E-state index is -0.585. The van der Waals surface area contributed by atoms with E-state index in [0.29, 0.717) is 31.5 Å². The highest BCUT2D eigenvalue weighted by atomic mass is 16.2. The summed E-state index contributed by atoms with van der Waals surface area (Å²) in [5.41, 5.74) is 2.46. The van der Waals surface area contributed by atoms with Crippen molar-refractivity contribution in [2.24, 2.45) is 0 Å². The zero-order chi connectivity index (χ0) is 24.1. The lowest BCUT2D eigenvalue weighted by molar-refractivity contribution is -0.139. The van der Waals surface area contributed by atoms with Gasteiger partial charge in [-0.15, -0.1) is 0 Å². The Morgan fingerprint density at radius 3 is 2.41 bits per heavy atom. The summed E-state index contributed by atoms with van der Waals surface area (Å²) in [5.74, 6) is -0.553. The molecular formula is C28H31N3O3. The van der Waals surface area contributed by atoms with Gasteiger partial charge >= 0.3 is 0 Å². The Labute approximate surface area is 200 Å². The number of anilines is 1. The maximum Gasteiger partial charge on any atom is 0.259 e. The van der Waals surface area contributed by atoms with Crippen LogP contribution in [-0.4, -0.2) is 48.3 Å². The van der Waals surface area contributed by atoms with Crippen molar-refractivity contribution in [3.63, 3.8) is 0 Å². The van der Waals surface area contributed by atoms with Gasteiger partial charge in [0.15, 0.2) is 0 Å². The Balaban J connectivity index is 1.59. The number of hydrogen-bond acceptors (Lipinski definition) is 3. The third kappa shape index (κ3) is 4.67. The van der Waals surface area contributed by atoms with E-state index in [1.54, 1.807) is 15.9 Å². The predicted molar refractivity (Wildman–Crippen MR) is 135 cm³/mol. The van der Waals surface area contributed by atoms with Gasteiger partial charge in [0.05, 0.1) is 5.69 Å². The largest absolute Gasteiger partial charge is 0.354 e. The molecule has 3 aromatic rings. The van der Waals surface area contributed by atoms with Crippen molar-refractivity contribution in [1.29, 1.82) is 0 Å². The molecule has 0 aromatic heterocycles. The lowest BCUT2D eigenvalue weighted by atomic mass is 10.1. The summed E-state index contributed by atoms with van der Waals surface area (Å²) in [6.45, 7) is 4.78. The molecule has 0 saturated heterocycles. The van der Waals surface area contributed by atoms with Crippen LogP contribution in [0.4, 0.5) is 5.69 Å². The molecule has 34 heavy (non-hydrogen) atoms. The first-order valence-electron chi connectivity index (χ1n) is 12.0. The number of benzene rings is 3. The number of carbonyl (C=O) groups is 3. The zero-order valence-electron chi connectivity index (χ0n) is 19.8. The van der Waals surface area contributed by atoms with E-state index < -0.39 is 6.04 Å². The number of nitrogens with zero attached hydrogens (tertiary/aromatic N) is 2. The number of amides is 3. The van der Waals surface area contributed by atoms with Gasteiger partial charge in [0.1, 0.15) is 12.6 Å². The molecule has 4 rings (SSSR count). The minimum Gasteiger partial charge on any atom is -0.354 e. The SMILES string of the molecule is CCCNC(=O)C(CC)N(CCc1ccccc1)C(=O)CN1C(=O)c2cccc3cccc1c23. The van der Waals surface area contributed by atoms with Crippen LogP contribution in [0.3, 0.4) is 0 Å². The molecule has 6 nitrogen and oxygen atoms in total. The molecule has 3 amide bonds. The van der Waals surface area contributed by atoms with Crippen LogP contribution in [0.2, 0.25) is 0 Å². The van der Waals surface area contributed by atoms with Crippen LogP contribution in [0.1, 0.15) is 42.6 Å². The topological polar surface area (TPSA) is 69.7 Å². The van der Waals surface area contributed by atoms with Crippen LogP contribution in [0.15, 0.2) is 66.7 Å². The Morgan fingerprint density at radius 2 is 1.71 bits per heavy atom. The maximum atomic E-state index is 13.7. The second kappa shape index (κ2) is 10.5. The summed E-state index contributed by atoms with van der Waals surface area (Å²) >= 11 is 0. The Morgan fingerprint density at radius 1 is 0.971 bits per heavy atom. The van der Waals surface area contributed by atoms with Crippen molar-refractivity contribution >= 4 is 34.2 Å². The molecule has 3 aromatic carbocycles. The van der Waals surface area contributed by atoms with Gasteiger partial charge in [0.25, 0.3) is 5.91 Å². The fraction of sp³-hybridized carbons (Fsp3) is 0.321. The van der Waals surface area contributed by atoms with Gasteiger partial charge in [-0.2, -0.15) is 0 Å². The molecule has 1 heterocycles. The monoisotopic (exact) mass is 457 g/mol. The van der Waals surface area contributed by atoms with Gasteiger partial charge < -0.3 is 10.2 Å². The first-order valence-corrected chi connectivity index (χ1v) is 12.0. The van der Waals surface area contributed by atoms with Crippen LogP contribution in [0.5, 0.6) is 0 Å². The van der Waals surface area contributed by atoms with Crippen molar-refractivity contribution in [2.45, 2.75) is 39.2 Å². The van der Waals surface area contributed by atoms with E-state index >= 15 is 0 Å². The highest BCUT2D eigenvalue weighted by molar-refractivity contribution is 6.26. The molecule has 0 bridgehead atoms. The minimum absolute atomic E-state index is 0.0982. The molecule has 0 aliphatic carbocycles. The standard InChI is InChI=1S/C28H31N3O3/c1-3-17-29-27(33)23(4-2)30(18-16-20-10-6-5-7-11-20)25(32)19-31-24-15-9-13-21-12-8-14-22(26(21)24)28(31)34/h5-15,23H,3-4,16-19H2,1-2H3,(H,29,33). The van der Waals surface area contributed by atoms with Crippen LogP contribution < -0.4 is 10.2 Å². The average Bonchev–Trinajstić information content (AvgIpc) is 3.13. The Bertz CT molecular complexity index is 1190. The quantitative estimate of drug-likeness (QED) is 0.497. The number of carbonyl (C=O) groups excluding carboxylic acids is 3. The summed E-state index contributed by atoms with van der Waals surface area (Å²) < 4.78 is 0. The summed E-state index contributed by atoms with van der Waals surface area (Å²) in [4.78, 5) is 43.0. The lowest BCUT2D eigenvalue weighted by Crippen LogP contribution is -2.53. The first-order chi connectivity index (χ1) is 16.5. The Hall–Kier alpha value is -3.67. The van der Waals surface area contributed by atoms with Gasteiger partial charge in [0, 0.05) is 24.0 Å². The number of rotatable bonds is 10. The van der Waals surface area contributed by atoms with Crippen LogP contribution in [0, 0.1) is 0 Å². The smallest absolute Gasteiger partial charge is 0.259 e. The van der Waals surface area contributed by atoms with E-state index in [1.165, 1.54) is 0 Å². The van der Waals surface area contributed by atoms with E-state index in [1.807, 2.05) is 74.5 Å². The molecule has 1 unspecified atom stereocenters. The Kier molecular flexibility index (Phi) is 7.26. The molecule has 0 spiro atoms. The average molecular weight is 458 g/mol. The summed E-state index contributed by atoms with van der Waals surface area (Å²) in [6, 6.07) is 20.7. The fourth-order valence-electron chi connectivity index (χ4n) is 4.62. The fourth-order valence-corrected chi connectivity index (χ4v) is 4.62. The maximum absolute atomic E-state index is 13.7. The third-order valence-corrected chi connectivity index (χ3v) is 6.36. The molecule has 1 atom stereocenters. The van der Waals surface area contributed by atoms with Gasteiger partial charge in [-0.05, 0) is 42.3 Å². The van der Waals surface area contributed by atoms with Crippen molar-refractivity contribution in [3.05, 3.63) is 77.9 Å². The normalized spacial score (nSPS) is 13.2.